The Morgan fingerprint density at radius 1 is 0.857 bits per heavy atom. The van der Waals surface area contributed by atoms with Gasteiger partial charge in [-0.3, -0.25) is 9.59 Å². The summed E-state index contributed by atoms with van der Waals surface area (Å²) < 4.78 is 7.34. The standard InChI is InChI=1S/C29H28N4O9/c1-2-9-30-33-27(40)18-16-11-5-3-7-13(35)20(11)31-21(16)23-17(19(18)28(33)41)12-6-4-8-14(36)22(12)32(23)29-26(39)25(38)24(37)15(10-34)42-29/h3-8,15,24-26,29-31,34-39H,2,9-10H2,1H3/t15-,24-,25+,26-,29-/m1/s1. The Kier molecular flexibility index (Phi) is 5.96. The first-order valence-corrected chi connectivity index (χ1v) is 13.6. The number of aromatic hydroxyl groups is 2. The van der Waals surface area contributed by atoms with Crippen LogP contribution in [-0.2, 0) is 4.74 Å². The molecule has 0 aliphatic carbocycles. The van der Waals surface area contributed by atoms with Gasteiger partial charge in [0.1, 0.15) is 35.9 Å². The molecule has 1 saturated heterocycles. The molecule has 0 bridgehead atoms. The van der Waals surface area contributed by atoms with Gasteiger partial charge in [-0.1, -0.05) is 31.2 Å². The molecular weight excluding hydrogens is 548 g/mol. The summed E-state index contributed by atoms with van der Waals surface area (Å²) >= 11 is 0. The van der Waals surface area contributed by atoms with Crippen LogP contribution in [0.4, 0.5) is 0 Å². The van der Waals surface area contributed by atoms with Gasteiger partial charge in [0.05, 0.1) is 39.8 Å². The maximum absolute atomic E-state index is 14.0. The Hall–Kier alpha value is -4.24. The predicted molar refractivity (Wildman–Crippen MR) is 150 cm³/mol. The fourth-order valence-corrected chi connectivity index (χ4v) is 6.39. The number of carbonyl (C=O) groups is 2. The van der Waals surface area contributed by atoms with E-state index in [1.165, 1.54) is 16.7 Å². The van der Waals surface area contributed by atoms with E-state index in [0.717, 1.165) is 5.01 Å². The Morgan fingerprint density at radius 2 is 1.52 bits per heavy atom. The van der Waals surface area contributed by atoms with Crippen LogP contribution in [0.1, 0.15) is 40.3 Å². The number of hydrogen-bond acceptors (Lipinski definition) is 10. The first-order valence-electron chi connectivity index (χ1n) is 13.6. The van der Waals surface area contributed by atoms with Crippen molar-refractivity contribution in [2.75, 3.05) is 13.2 Å². The quantitative estimate of drug-likeness (QED) is 0.141. The molecule has 2 aliphatic heterocycles. The molecule has 0 saturated carbocycles. The number of phenolic OH excluding ortho intramolecular Hbond substituents is 2. The number of aliphatic hydroxyl groups excluding tert-OH is 4. The molecule has 2 aromatic heterocycles. The van der Waals surface area contributed by atoms with Crippen LogP contribution in [0.15, 0.2) is 36.4 Å². The maximum Gasteiger partial charge on any atom is 0.276 e. The molecule has 218 valence electrons. The van der Waals surface area contributed by atoms with Crippen molar-refractivity contribution in [2.45, 2.75) is 44.0 Å². The number of rotatable bonds is 5. The second kappa shape index (κ2) is 9.39. The second-order valence-corrected chi connectivity index (χ2v) is 10.7. The molecule has 2 amide bonds. The summed E-state index contributed by atoms with van der Waals surface area (Å²) in [4.78, 5) is 31.0. The third kappa shape index (κ3) is 3.34. The van der Waals surface area contributed by atoms with Gasteiger partial charge in [0.25, 0.3) is 11.8 Å². The minimum Gasteiger partial charge on any atom is -0.506 e. The largest absolute Gasteiger partial charge is 0.506 e. The summed E-state index contributed by atoms with van der Waals surface area (Å²) in [7, 11) is 0. The van der Waals surface area contributed by atoms with E-state index in [1.54, 1.807) is 24.3 Å². The lowest BCUT2D eigenvalue weighted by molar-refractivity contribution is -0.249. The lowest BCUT2D eigenvalue weighted by atomic mass is 9.96. The summed E-state index contributed by atoms with van der Waals surface area (Å²) in [6.07, 6.45) is -7.18. The molecule has 1 fully saturated rings. The van der Waals surface area contributed by atoms with E-state index in [-0.39, 0.29) is 44.6 Å². The van der Waals surface area contributed by atoms with Gasteiger partial charge in [-0.05, 0) is 18.6 Å². The monoisotopic (exact) mass is 576 g/mol. The number of phenols is 2. The van der Waals surface area contributed by atoms with Gasteiger partial charge in [0.15, 0.2) is 6.23 Å². The number of hydrazine groups is 1. The zero-order chi connectivity index (χ0) is 29.6. The number of nitrogens with zero attached hydrogens (tertiary/aromatic N) is 2. The van der Waals surface area contributed by atoms with Crippen molar-refractivity contribution >= 4 is 55.4 Å². The Morgan fingerprint density at radius 3 is 2.21 bits per heavy atom. The normalized spacial score (nSPS) is 24.6. The smallest absolute Gasteiger partial charge is 0.276 e. The lowest BCUT2D eigenvalue weighted by Gasteiger charge is -2.41. The lowest BCUT2D eigenvalue weighted by Crippen LogP contribution is -2.56. The summed E-state index contributed by atoms with van der Waals surface area (Å²) in [5, 5.41) is 66.5. The van der Waals surface area contributed by atoms with E-state index in [2.05, 4.69) is 10.4 Å². The average Bonchev–Trinajstić information content (AvgIpc) is 3.60. The van der Waals surface area contributed by atoms with Crippen LogP contribution >= 0.6 is 0 Å². The van der Waals surface area contributed by atoms with Crippen LogP contribution in [0, 0.1) is 0 Å². The minimum atomic E-state index is -1.73. The third-order valence-electron chi connectivity index (χ3n) is 8.28. The number of aromatic amines is 1. The zero-order valence-electron chi connectivity index (χ0n) is 22.3. The fourth-order valence-electron chi connectivity index (χ4n) is 6.39. The van der Waals surface area contributed by atoms with E-state index >= 15 is 0 Å². The van der Waals surface area contributed by atoms with Gasteiger partial charge in [-0.15, -0.1) is 0 Å². The highest BCUT2D eigenvalue weighted by molar-refractivity contribution is 6.39. The Labute approximate surface area is 236 Å². The van der Waals surface area contributed by atoms with Crippen LogP contribution in [0.3, 0.4) is 0 Å². The first-order chi connectivity index (χ1) is 20.2. The number of imide groups is 1. The number of carbonyl (C=O) groups excluding carboxylic acids is 2. The van der Waals surface area contributed by atoms with Crippen LogP contribution in [0.5, 0.6) is 11.5 Å². The molecule has 5 atom stereocenters. The van der Waals surface area contributed by atoms with Crippen LogP contribution in [0.25, 0.3) is 43.6 Å². The van der Waals surface area contributed by atoms with Gasteiger partial charge in [0, 0.05) is 28.1 Å². The minimum absolute atomic E-state index is 0.0503. The van der Waals surface area contributed by atoms with E-state index in [0.29, 0.717) is 34.6 Å². The van der Waals surface area contributed by atoms with Crippen molar-refractivity contribution in [3.8, 4) is 11.5 Å². The summed E-state index contributed by atoms with van der Waals surface area (Å²) in [5.74, 6) is -1.57. The number of ether oxygens (including phenoxy) is 1. The third-order valence-corrected chi connectivity index (χ3v) is 8.28. The molecule has 3 aromatic carbocycles. The number of fused-ring (bicyclic) bond motifs is 10. The SMILES string of the molecule is CCCNN1C(=O)c2c(c3c4cccc(O)c4n([C@@H]4O[C@H](CO)[C@@H](O)[C@H](O)[C@H]4O)c3c3[nH]c4c(O)cccc4c23)C1=O. The number of para-hydroxylation sites is 2. The highest BCUT2D eigenvalue weighted by Gasteiger charge is 2.47. The molecule has 0 spiro atoms. The molecule has 13 heteroatoms. The molecule has 2 aliphatic rings. The van der Waals surface area contributed by atoms with E-state index in [1.807, 2.05) is 6.92 Å². The molecule has 0 radical (unpaired) electrons. The van der Waals surface area contributed by atoms with Crippen LogP contribution < -0.4 is 5.43 Å². The molecule has 7 rings (SSSR count). The Bertz CT molecular complexity index is 1940. The first kappa shape index (κ1) is 26.6. The summed E-state index contributed by atoms with van der Waals surface area (Å²) in [5.41, 5.74) is 3.97. The number of H-pyrrole nitrogens is 1. The van der Waals surface area contributed by atoms with Gasteiger partial charge in [-0.2, -0.15) is 0 Å². The molecule has 0 unspecified atom stereocenters. The highest BCUT2D eigenvalue weighted by atomic mass is 16.6. The predicted octanol–water partition coefficient (Wildman–Crippen LogP) is 1.32. The van der Waals surface area contributed by atoms with Gasteiger partial charge < -0.3 is 44.9 Å². The van der Waals surface area contributed by atoms with Crippen molar-refractivity contribution in [3.05, 3.63) is 47.5 Å². The molecule has 42 heavy (non-hydrogen) atoms. The molecule has 13 nitrogen and oxygen atoms in total. The van der Waals surface area contributed by atoms with E-state index in [9.17, 15) is 40.2 Å². The van der Waals surface area contributed by atoms with Crippen molar-refractivity contribution in [1.29, 1.82) is 0 Å². The van der Waals surface area contributed by atoms with E-state index < -0.39 is 49.1 Å². The number of nitrogens with one attached hydrogen (secondary N) is 2. The van der Waals surface area contributed by atoms with Crippen LogP contribution in [0.2, 0.25) is 0 Å². The highest BCUT2D eigenvalue weighted by Crippen LogP contribution is 2.49. The second-order valence-electron chi connectivity index (χ2n) is 10.7. The summed E-state index contributed by atoms with van der Waals surface area (Å²) in [6.45, 7) is 1.56. The van der Waals surface area contributed by atoms with Crippen LogP contribution in [-0.4, -0.2) is 94.6 Å². The van der Waals surface area contributed by atoms with Crippen molar-refractivity contribution in [3.63, 3.8) is 0 Å². The number of aromatic nitrogens is 2. The molecule has 4 heterocycles. The topological polar surface area (TPSA) is 201 Å². The number of benzene rings is 3. The van der Waals surface area contributed by atoms with Gasteiger partial charge in [-0.25, -0.2) is 10.4 Å². The van der Waals surface area contributed by atoms with E-state index in [4.69, 9.17) is 4.74 Å². The van der Waals surface area contributed by atoms with Crippen molar-refractivity contribution < 1.29 is 45.0 Å². The molecular formula is C29H28N4O9. The number of aliphatic hydroxyl groups is 4. The maximum atomic E-state index is 14.0. The average molecular weight is 577 g/mol. The zero-order valence-corrected chi connectivity index (χ0v) is 22.3. The van der Waals surface area contributed by atoms with Gasteiger partial charge in [0.2, 0.25) is 0 Å². The summed E-state index contributed by atoms with van der Waals surface area (Å²) in [6, 6.07) is 9.38. The van der Waals surface area contributed by atoms with Crippen molar-refractivity contribution in [2.24, 2.45) is 0 Å². The van der Waals surface area contributed by atoms with Crippen molar-refractivity contribution in [1.82, 2.24) is 20.0 Å². The fraction of sp³-hybridized carbons (Fsp3) is 0.310. The molecule has 8 N–H and O–H groups in total. The number of amides is 2. The number of hydrogen-bond donors (Lipinski definition) is 8. The molecule has 5 aromatic rings. The van der Waals surface area contributed by atoms with Gasteiger partial charge >= 0.3 is 0 Å². The Balaban J connectivity index is 1.69.